The molecular formula is C12H11Cl2NO4S2. The zero-order valence-electron chi connectivity index (χ0n) is 10.5. The normalized spacial score (nSPS) is 11.4. The lowest BCUT2D eigenvalue weighted by Crippen LogP contribution is -2.11. The number of hydrogen-bond acceptors (Lipinski definition) is 4. The predicted molar refractivity (Wildman–Crippen MR) is 82.3 cm³/mol. The van der Waals surface area contributed by atoms with Gasteiger partial charge in [-0.1, -0.05) is 29.8 Å². The molecule has 0 atom stereocenters. The SMILES string of the molecule is NS(=O)(=O)c1ccccc1.O=S(=O)(Cl)c1ccc(Cl)cc1. The van der Waals surface area contributed by atoms with Gasteiger partial charge in [-0.2, -0.15) is 0 Å². The van der Waals surface area contributed by atoms with Gasteiger partial charge in [-0.15, -0.1) is 0 Å². The standard InChI is InChI=1S/C6H4Cl2O2S.C6H7NO2S/c7-5-1-3-6(4-2-5)11(8,9)10;7-10(8,9)6-4-2-1-3-5-6/h1-4H;1-5H,(H2,7,8,9). The first kappa shape index (κ1) is 17.9. The summed E-state index contributed by atoms with van der Waals surface area (Å²) < 4.78 is 42.6. The van der Waals surface area contributed by atoms with Crippen LogP contribution in [0.25, 0.3) is 0 Å². The number of rotatable bonds is 2. The van der Waals surface area contributed by atoms with Gasteiger partial charge in [0.2, 0.25) is 10.0 Å². The fraction of sp³-hybridized carbons (Fsp3) is 0. The van der Waals surface area contributed by atoms with Crippen molar-refractivity contribution in [2.75, 3.05) is 0 Å². The smallest absolute Gasteiger partial charge is 0.225 e. The second-order valence-corrected chi connectivity index (χ2v) is 8.31. The summed E-state index contributed by atoms with van der Waals surface area (Å²) in [6.07, 6.45) is 0. The quantitative estimate of drug-likeness (QED) is 0.825. The molecule has 0 fully saturated rings. The van der Waals surface area contributed by atoms with Gasteiger partial charge in [0.1, 0.15) is 0 Å². The minimum atomic E-state index is -3.61. The van der Waals surface area contributed by atoms with E-state index in [2.05, 4.69) is 0 Å². The van der Waals surface area contributed by atoms with Crippen molar-refractivity contribution in [2.24, 2.45) is 5.14 Å². The number of primary sulfonamides is 1. The van der Waals surface area contributed by atoms with E-state index in [0.717, 1.165) is 0 Å². The molecule has 0 unspecified atom stereocenters. The van der Waals surface area contributed by atoms with Crippen molar-refractivity contribution in [1.82, 2.24) is 0 Å². The zero-order chi connectivity index (χ0) is 16.1. The Bertz CT molecular complexity index is 789. The second kappa shape index (κ2) is 7.24. The van der Waals surface area contributed by atoms with Crippen LogP contribution >= 0.6 is 22.3 Å². The maximum atomic E-state index is 10.7. The molecule has 5 nitrogen and oxygen atoms in total. The van der Waals surface area contributed by atoms with Gasteiger partial charge < -0.3 is 0 Å². The van der Waals surface area contributed by atoms with Gasteiger partial charge >= 0.3 is 0 Å². The van der Waals surface area contributed by atoms with Crippen molar-refractivity contribution >= 4 is 41.4 Å². The first-order valence-electron chi connectivity index (χ1n) is 5.39. The number of sulfonamides is 1. The van der Waals surface area contributed by atoms with Crippen LogP contribution < -0.4 is 5.14 Å². The topological polar surface area (TPSA) is 94.3 Å². The molecule has 0 aliphatic carbocycles. The highest BCUT2D eigenvalue weighted by Crippen LogP contribution is 2.17. The molecule has 0 amide bonds. The van der Waals surface area contributed by atoms with Crippen LogP contribution in [-0.2, 0) is 19.1 Å². The van der Waals surface area contributed by atoms with Crippen LogP contribution in [0, 0.1) is 0 Å². The summed E-state index contributed by atoms with van der Waals surface area (Å²) >= 11 is 5.52. The first-order valence-corrected chi connectivity index (χ1v) is 9.62. The molecule has 2 N–H and O–H groups in total. The Hall–Kier alpha value is -1.12. The number of hydrogen-bond donors (Lipinski definition) is 1. The van der Waals surface area contributed by atoms with Crippen LogP contribution in [0.1, 0.15) is 0 Å². The van der Waals surface area contributed by atoms with Gasteiger partial charge in [-0.3, -0.25) is 0 Å². The molecule has 0 aliphatic heterocycles. The molecule has 0 saturated heterocycles. The van der Waals surface area contributed by atoms with E-state index in [1.807, 2.05) is 0 Å². The van der Waals surface area contributed by atoms with Crippen molar-refractivity contribution in [3.63, 3.8) is 0 Å². The van der Waals surface area contributed by atoms with Gasteiger partial charge in [-0.05, 0) is 36.4 Å². The highest BCUT2D eigenvalue weighted by atomic mass is 35.7. The average molecular weight is 368 g/mol. The lowest BCUT2D eigenvalue weighted by atomic mass is 10.4. The molecule has 0 spiro atoms. The Kier molecular flexibility index (Phi) is 6.18. The van der Waals surface area contributed by atoms with Crippen molar-refractivity contribution in [3.8, 4) is 0 Å². The van der Waals surface area contributed by atoms with Gasteiger partial charge in [0.25, 0.3) is 9.05 Å². The molecule has 2 rings (SSSR count). The van der Waals surface area contributed by atoms with Crippen molar-refractivity contribution in [2.45, 2.75) is 9.79 Å². The largest absolute Gasteiger partial charge is 0.261 e. The van der Waals surface area contributed by atoms with Gasteiger partial charge in [0.15, 0.2) is 0 Å². The molecule has 2 aromatic carbocycles. The van der Waals surface area contributed by atoms with E-state index in [0.29, 0.717) is 5.02 Å². The monoisotopic (exact) mass is 367 g/mol. The second-order valence-electron chi connectivity index (χ2n) is 3.75. The first-order chi connectivity index (χ1) is 9.60. The van der Waals surface area contributed by atoms with Crippen LogP contribution in [0.5, 0.6) is 0 Å². The maximum absolute atomic E-state index is 10.7. The fourth-order valence-corrected chi connectivity index (χ4v) is 2.64. The molecule has 114 valence electrons. The fourth-order valence-electron chi connectivity index (χ4n) is 1.21. The number of halogens is 2. The van der Waals surface area contributed by atoms with Gasteiger partial charge in [0, 0.05) is 15.7 Å². The molecule has 21 heavy (non-hydrogen) atoms. The Morgan fingerprint density at radius 1 is 0.762 bits per heavy atom. The molecule has 0 saturated carbocycles. The third-order valence-corrected chi connectivity index (χ3v) is 4.72. The van der Waals surface area contributed by atoms with E-state index >= 15 is 0 Å². The summed E-state index contributed by atoms with van der Waals surface area (Å²) in [5, 5.41) is 5.31. The molecule has 2 aromatic rings. The van der Waals surface area contributed by atoms with Crippen molar-refractivity contribution in [1.29, 1.82) is 0 Å². The van der Waals surface area contributed by atoms with Crippen molar-refractivity contribution < 1.29 is 16.8 Å². The molecule has 0 radical (unpaired) electrons. The lowest BCUT2D eigenvalue weighted by molar-refractivity contribution is 0.597. The Labute approximate surface area is 132 Å². The summed E-state index contributed by atoms with van der Waals surface area (Å²) in [6.45, 7) is 0. The molecule has 0 bridgehead atoms. The Balaban J connectivity index is 0.000000211. The predicted octanol–water partition coefficient (Wildman–Crippen LogP) is 2.60. The molecule has 0 aromatic heterocycles. The van der Waals surface area contributed by atoms with Crippen LogP contribution in [-0.4, -0.2) is 16.8 Å². The summed E-state index contributed by atoms with van der Waals surface area (Å²) in [6, 6.07) is 13.5. The minimum Gasteiger partial charge on any atom is -0.225 e. The third-order valence-electron chi connectivity index (χ3n) is 2.17. The molecule has 0 aliphatic rings. The summed E-state index contributed by atoms with van der Waals surface area (Å²) in [5.41, 5.74) is 0. The Morgan fingerprint density at radius 2 is 1.24 bits per heavy atom. The summed E-state index contributed by atoms with van der Waals surface area (Å²) in [5.74, 6) is 0. The van der Waals surface area contributed by atoms with E-state index < -0.39 is 19.1 Å². The molecular weight excluding hydrogens is 357 g/mol. The number of benzene rings is 2. The number of nitrogens with two attached hydrogens (primary N) is 1. The van der Waals surface area contributed by atoms with Crippen LogP contribution in [0.2, 0.25) is 5.02 Å². The van der Waals surface area contributed by atoms with Crippen LogP contribution in [0.3, 0.4) is 0 Å². The zero-order valence-corrected chi connectivity index (χ0v) is 13.6. The van der Waals surface area contributed by atoms with Crippen molar-refractivity contribution in [3.05, 3.63) is 59.6 Å². The van der Waals surface area contributed by atoms with E-state index in [-0.39, 0.29) is 9.79 Å². The van der Waals surface area contributed by atoms with Crippen LogP contribution in [0.15, 0.2) is 64.4 Å². The molecule has 0 heterocycles. The van der Waals surface area contributed by atoms with Crippen LogP contribution in [0.4, 0.5) is 0 Å². The highest BCUT2D eigenvalue weighted by Gasteiger charge is 2.07. The van der Waals surface area contributed by atoms with Gasteiger partial charge in [-0.25, -0.2) is 22.0 Å². The summed E-state index contributed by atoms with van der Waals surface area (Å²) in [7, 11) is -2.07. The Morgan fingerprint density at radius 3 is 1.57 bits per heavy atom. The third kappa shape index (κ3) is 6.45. The van der Waals surface area contributed by atoms with E-state index in [1.54, 1.807) is 18.2 Å². The van der Waals surface area contributed by atoms with E-state index in [1.165, 1.54) is 36.4 Å². The van der Waals surface area contributed by atoms with E-state index in [9.17, 15) is 16.8 Å². The highest BCUT2D eigenvalue weighted by molar-refractivity contribution is 8.13. The average Bonchev–Trinajstić information content (AvgIpc) is 2.39. The summed E-state index contributed by atoms with van der Waals surface area (Å²) in [4.78, 5) is 0.207. The molecule has 9 heteroatoms. The minimum absolute atomic E-state index is 0.0589. The lowest BCUT2D eigenvalue weighted by Gasteiger charge is -1.93. The van der Waals surface area contributed by atoms with Gasteiger partial charge in [0.05, 0.1) is 9.79 Å². The van der Waals surface area contributed by atoms with E-state index in [4.69, 9.17) is 27.4 Å². The maximum Gasteiger partial charge on any atom is 0.261 e.